The summed E-state index contributed by atoms with van der Waals surface area (Å²) >= 11 is 0. The second-order valence-electron chi connectivity index (χ2n) is 9.37. The standard InChI is InChI=1S/C25H27N7O4/c1-24(2)35-13-19(36-24)12-32-23(29-30-31-32)25(22-14-33-16-34-22,11-17-6-4-3-5-7-17)28-18-8-9-20-21(10-18)27-15-26-20/h3-10,14-15,19,28H,11-13,16H2,1-2H3,(H,26,27). The predicted molar refractivity (Wildman–Crippen MR) is 129 cm³/mol. The first-order valence-corrected chi connectivity index (χ1v) is 11.8. The maximum Gasteiger partial charge on any atom is 0.230 e. The van der Waals surface area contributed by atoms with Crippen molar-refractivity contribution in [1.82, 2.24) is 30.2 Å². The summed E-state index contributed by atoms with van der Waals surface area (Å²) in [6.45, 7) is 4.77. The first kappa shape index (κ1) is 22.5. The van der Waals surface area contributed by atoms with Crippen molar-refractivity contribution in [3.05, 3.63) is 78.3 Å². The third-order valence-corrected chi connectivity index (χ3v) is 6.34. The normalized spacial score (nSPS) is 20.5. The number of aromatic nitrogens is 6. The van der Waals surface area contributed by atoms with E-state index >= 15 is 0 Å². The summed E-state index contributed by atoms with van der Waals surface area (Å²) in [5, 5.41) is 16.6. The molecule has 1 saturated heterocycles. The van der Waals surface area contributed by atoms with Crippen LogP contribution in [0.2, 0.25) is 0 Å². The molecule has 4 heterocycles. The molecule has 2 unspecified atom stereocenters. The number of hydrogen-bond acceptors (Lipinski definition) is 9. The highest BCUT2D eigenvalue weighted by atomic mass is 16.7. The van der Waals surface area contributed by atoms with Gasteiger partial charge in [0.1, 0.15) is 12.4 Å². The second-order valence-corrected chi connectivity index (χ2v) is 9.37. The maximum absolute atomic E-state index is 6.05. The summed E-state index contributed by atoms with van der Waals surface area (Å²) < 4.78 is 25.1. The van der Waals surface area contributed by atoms with Crippen molar-refractivity contribution in [2.45, 2.75) is 44.2 Å². The van der Waals surface area contributed by atoms with Crippen LogP contribution in [0.5, 0.6) is 0 Å². The lowest BCUT2D eigenvalue weighted by Crippen LogP contribution is -2.43. The number of benzene rings is 2. The number of H-pyrrole nitrogens is 1. The Morgan fingerprint density at radius 2 is 2.08 bits per heavy atom. The zero-order chi connectivity index (χ0) is 24.6. The third kappa shape index (κ3) is 4.27. The van der Waals surface area contributed by atoms with Gasteiger partial charge < -0.3 is 29.2 Å². The molecular formula is C25H27N7O4. The number of hydrogen-bond donors (Lipinski definition) is 2. The van der Waals surface area contributed by atoms with Crippen molar-refractivity contribution >= 4 is 16.7 Å². The minimum atomic E-state index is -0.986. The smallest absolute Gasteiger partial charge is 0.230 e. The number of imidazole rings is 1. The monoisotopic (exact) mass is 489 g/mol. The molecular weight excluding hydrogens is 462 g/mol. The van der Waals surface area contributed by atoms with Gasteiger partial charge in [0.2, 0.25) is 6.79 Å². The van der Waals surface area contributed by atoms with Gasteiger partial charge in [-0.3, -0.25) is 0 Å². The molecule has 0 radical (unpaired) electrons. The summed E-state index contributed by atoms with van der Waals surface area (Å²) in [6.07, 6.45) is 3.59. The maximum atomic E-state index is 6.05. The van der Waals surface area contributed by atoms with Crippen LogP contribution in [0, 0.1) is 0 Å². The van der Waals surface area contributed by atoms with E-state index in [0.717, 1.165) is 22.3 Å². The van der Waals surface area contributed by atoms with Gasteiger partial charge in [-0.2, -0.15) is 0 Å². The predicted octanol–water partition coefficient (Wildman–Crippen LogP) is 3.10. The van der Waals surface area contributed by atoms with E-state index < -0.39 is 11.3 Å². The van der Waals surface area contributed by atoms with Gasteiger partial charge in [-0.15, -0.1) is 5.10 Å². The zero-order valence-corrected chi connectivity index (χ0v) is 20.0. The van der Waals surface area contributed by atoms with E-state index in [0.29, 0.717) is 31.2 Å². The molecule has 2 aromatic heterocycles. The summed E-state index contributed by atoms with van der Waals surface area (Å²) in [7, 11) is 0. The minimum Gasteiger partial charge on any atom is -0.461 e. The van der Waals surface area contributed by atoms with Crippen molar-refractivity contribution < 1.29 is 18.9 Å². The molecule has 36 heavy (non-hydrogen) atoms. The number of nitrogens with one attached hydrogen (secondary N) is 2. The molecule has 0 amide bonds. The largest absolute Gasteiger partial charge is 0.461 e. The number of ether oxygens (including phenoxy) is 4. The van der Waals surface area contributed by atoms with Crippen LogP contribution in [0.3, 0.4) is 0 Å². The number of aromatic amines is 1. The average molecular weight is 490 g/mol. The highest BCUT2D eigenvalue weighted by Gasteiger charge is 2.46. The van der Waals surface area contributed by atoms with E-state index in [1.54, 1.807) is 17.3 Å². The van der Waals surface area contributed by atoms with Gasteiger partial charge in [0.05, 0.1) is 30.5 Å². The topological polar surface area (TPSA) is 121 Å². The third-order valence-electron chi connectivity index (χ3n) is 6.34. The lowest BCUT2D eigenvalue weighted by molar-refractivity contribution is -0.140. The Morgan fingerprint density at radius 3 is 2.86 bits per heavy atom. The molecule has 6 rings (SSSR count). The summed E-state index contributed by atoms with van der Waals surface area (Å²) in [6, 6.07) is 16.1. The van der Waals surface area contributed by atoms with Crippen molar-refractivity contribution in [3.8, 4) is 0 Å². The van der Waals surface area contributed by atoms with Gasteiger partial charge in [0.15, 0.2) is 22.9 Å². The lowest BCUT2D eigenvalue weighted by atomic mass is 9.87. The molecule has 4 aromatic rings. The molecule has 1 fully saturated rings. The second kappa shape index (κ2) is 8.92. The van der Waals surface area contributed by atoms with E-state index in [-0.39, 0.29) is 12.9 Å². The van der Waals surface area contributed by atoms with Gasteiger partial charge in [0, 0.05) is 12.1 Å². The highest BCUT2D eigenvalue weighted by Crippen LogP contribution is 2.39. The minimum absolute atomic E-state index is 0.112. The molecule has 2 aromatic carbocycles. The van der Waals surface area contributed by atoms with Crippen LogP contribution in [0.15, 0.2) is 66.9 Å². The van der Waals surface area contributed by atoms with Crippen LogP contribution in [0.25, 0.3) is 11.0 Å². The fourth-order valence-electron chi connectivity index (χ4n) is 4.74. The van der Waals surface area contributed by atoms with E-state index in [2.05, 4.69) is 42.9 Å². The number of anilines is 1. The first-order chi connectivity index (χ1) is 17.5. The van der Waals surface area contributed by atoms with Gasteiger partial charge in [-0.1, -0.05) is 30.3 Å². The molecule has 2 aliphatic rings. The Bertz CT molecular complexity index is 1380. The molecule has 186 valence electrons. The molecule has 2 aliphatic heterocycles. The van der Waals surface area contributed by atoms with Gasteiger partial charge in [-0.05, 0) is 48.0 Å². The number of rotatable bonds is 8. The van der Waals surface area contributed by atoms with E-state index in [4.69, 9.17) is 18.9 Å². The fraction of sp³-hybridized carbons (Fsp3) is 0.360. The van der Waals surface area contributed by atoms with E-state index in [1.165, 1.54) is 0 Å². The quantitative estimate of drug-likeness (QED) is 0.384. The van der Waals surface area contributed by atoms with Crippen LogP contribution < -0.4 is 5.32 Å². The Morgan fingerprint density at radius 1 is 1.19 bits per heavy atom. The molecule has 0 aliphatic carbocycles. The van der Waals surface area contributed by atoms with Crippen LogP contribution in [-0.4, -0.2) is 55.5 Å². The number of tetrazole rings is 1. The van der Waals surface area contributed by atoms with E-state index in [1.807, 2.05) is 50.2 Å². The van der Waals surface area contributed by atoms with Crippen molar-refractivity contribution in [1.29, 1.82) is 0 Å². The molecule has 11 heteroatoms. The van der Waals surface area contributed by atoms with Gasteiger partial charge in [-0.25, -0.2) is 9.67 Å². The zero-order valence-electron chi connectivity index (χ0n) is 20.0. The molecule has 0 spiro atoms. The Labute approximate surface area is 207 Å². The van der Waals surface area contributed by atoms with Gasteiger partial charge in [0.25, 0.3) is 0 Å². The summed E-state index contributed by atoms with van der Waals surface area (Å²) in [4.78, 5) is 7.54. The first-order valence-electron chi connectivity index (χ1n) is 11.8. The van der Waals surface area contributed by atoms with Crippen molar-refractivity contribution in [2.24, 2.45) is 0 Å². The number of fused-ring (bicyclic) bond motifs is 1. The Balaban J connectivity index is 1.45. The fourth-order valence-corrected chi connectivity index (χ4v) is 4.74. The molecule has 2 N–H and O–H groups in total. The van der Waals surface area contributed by atoms with Gasteiger partial charge >= 0.3 is 0 Å². The SMILES string of the molecule is CC1(C)OCC(Cn2nnnc2C(Cc2ccccc2)(Nc2ccc3[nH]cnc3c2)C2=COCO2)O1. The lowest BCUT2D eigenvalue weighted by Gasteiger charge is -2.34. The molecule has 2 atom stereocenters. The highest BCUT2D eigenvalue weighted by molar-refractivity contribution is 5.79. The van der Waals surface area contributed by atoms with Crippen LogP contribution in [0.1, 0.15) is 25.2 Å². The van der Waals surface area contributed by atoms with Crippen LogP contribution >= 0.6 is 0 Å². The van der Waals surface area contributed by atoms with Crippen LogP contribution in [0.4, 0.5) is 5.69 Å². The Hall–Kier alpha value is -3.96. The molecule has 0 bridgehead atoms. The van der Waals surface area contributed by atoms with Crippen molar-refractivity contribution in [2.75, 3.05) is 18.7 Å². The summed E-state index contributed by atoms with van der Waals surface area (Å²) in [5.74, 6) is 0.495. The summed E-state index contributed by atoms with van der Waals surface area (Å²) in [5.41, 5.74) is 2.70. The number of nitrogens with zero attached hydrogens (tertiary/aromatic N) is 5. The average Bonchev–Trinajstić information content (AvgIpc) is 3.67. The van der Waals surface area contributed by atoms with Crippen LogP contribution in [-0.2, 0) is 37.5 Å². The molecule has 0 saturated carbocycles. The van der Waals surface area contributed by atoms with E-state index in [9.17, 15) is 0 Å². The van der Waals surface area contributed by atoms with Crippen molar-refractivity contribution in [3.63, 3.8) is 0 Å². The molecule has 11 nitrogen and oxygen atoms in total. The Kier molecular flexibility index (Phi) is 5.57.